The van der Waals surface area contributed by atoms with Crippen LogP contribution in [0.25, 0.3) is 0 Å². The lowest BCUT2D eigenvalue weighted by atomic mass is 10.1. The van der Waals surface area contributed by atoms with Gasteiger partial charge in [-0.05, 0) is 38.5 Å². The Labute approximate surface area is 125 Å². The van der Waals surface area contributed by atoms with E-state index in [1.54, 1.807) is 0 Å². The van der Waals surface area contributed by atoms with Crippen LogP contribution < -0.4 is 0 Å². The Bertz CT molecular complexity index is 267. The predicted octanol–water partition coefficient (Wildman–Crippen LogP) is 5.88. The molecule has 0 aliphatic carbocycles. The number of aliphatic carboxylic acids is 1. The molecule has 1 N–H and O–H groups in total. The quantitative estimate of drug-likeness (QED) is 0.318. The normalized spacial score (nSPS) is 11.7. The Kier molecular flexibility index (Phi) is 15.2. The smallest absolute Gasteiger partial charge is 0.303 e. The lowest BCUT2D eigenvalue weighted by molar-refractivity contribution is -0.137. The van der Waals surface area contributed by atoms with Gasteiger partial charge in [-0.2, -0.15) is 0 Å². The third kappa shape index (κ3) is 16.9. The topological polar surface area (TPSA) is 37.3 Å². The molecule has 0 spiro atoms. The van der Waals surface area contributed by atoms with Gasteiger partial charge in [-0.3, -0.25) is 4.79 Å². The second kappa shape index (κ2) is 16.0. The third-order valence-electron chi connectivity index (χ3n) is 3.34. The van der Waals surface area contributed by atoms with E-state index in [-0.39, 0.29) is 0 Å². The maximum atomic E-state index is 10.3. The predicted molar refractivity (Wildman–Crippen MR) is 87.0 cm³/mol. The molecule has 0 fully saturated rings. The van der Waals surface area contributed by atoms with Crippen LogP contribution in [0.3, 0.4) is 0 Å². The molecule has 0 aromatic heterocycles. The van der Waals surface area contributed by atoms with E-state index in [0.29, 0.717) is 6.42 Å². The zero-order valence-electron chi connectivity index (χ0n) is 13.2. The Hall–Kier alpha value is -1.05. The van der Waals surface area contributed by atoms with Crippen LogP contribution in [0.2, 0.25) is 0 Å². The van der Waals surface area contributed by atoms with Crippen LogP contribution in [-0.2, 0) is 4.79 Å². The molecule has 0 aliphatic rings. The van der Waals surface area contributed by atoms with Crippen LogP contribution in [-0.4, -0.2) is 11.1 Å². The lowest BCUT2D eigenvalue weighted by Gasteiger charge is -1.96. The molecule has 2 nitrogen and oxygen atoms in total. The van der Waals surface area contributed by atoms with Crippen molar-refractivity contribution >= 4 is 5.97 Å². The number of unbranched alkanes of at least 4 members (excludes halogenated alkanes) is 8. The number of hydrogen-bond acceptors (Lipinski definition) is 1. The molecular weight excluding hydrogens is 248 g/mol. The monoisotopic (exact) mass is 280 g/mol. The summed E-state index contributed by atoms with van der Waals surface area (Å²) >= 11 is 0. The summed E-state index contributed by atoms with van der Waals surface area (Å²) in [4.78, 5) is 10.3. The molecule has 2 heteroatoms. The minimum atomic E-state index is -0.675. The second-order valence-electron chi connectivity index (χ2n) is 5.37. The second-order valence-corrected chi connectivity index (χ2v) is 5.37. The minimum Gasteiger partial charge on any atom is -0.481 e. The van der Waals surface area contributed by atoms with E-state index in [2.05, 4.69) is 31.2 Å². The molecule has 0 heterocycles. The average molecular weight is 280 g/mol. The number of allylic oxidation sites excluding steroid dienone is 4. The van der Waals surface area contributed by atoms with Gasteiger partial charge in [-0.1, -0.05) is 63.3 Å². The van der Waals surface area contributed by atoms with Gasteiger partial charge in [0.25, 0.3) is 0 Å². The van der Waals surface area contributed by atoms with E-state index >= 15 is 0 Å². The summed E-state index contributed by atoms with van der Waals surface area (Å²) in [5.41, 5.74) is 0. The van der Waals surface area contributed by atoms with Crippen LogP contribution in [0.4, 0.5) is 0 Å². The molecule has 0 unspecified atom stereocenters. The van der Waals surface area contributed by atoms with Crippen LogP contribution >= 0.6 is 0 Å². The van der Waals surface area contributed by atoms with Crippen molar-refractivity contribution in [1.82, 2.24) is 0 Å². The Morgan fingerprint density at radius 3 is 1.90 bits per heavy atom. The van der Waals surface area contributed by atoms with E-state index in [9.17, 15) is 4.79 Å². The average Bonchev–Trinajstić information content (AvgIpc) is 2.43. The maximum absolute atomic E-state index is 10.3. The maximum Gasteiger partial charge on any atom is 0.303 e. The highest BCUT2D eigenvalue weighted by molar-refractivity contribution is 5.66. The Balaban J connectivity index is 3.19. The highest BCUT2D eigenvalue weighted by Gasteiger charge is 1.95. The number of carboxylic acid groups (broad SMARTS) is 1. The van der Waals surface area contributed by atoms with Crippen LogP contribution in [0.5, 0.6) is 0 Å². The van der Waals surface area contributed by atoms with Crippen LogP contribution in [0.1, 0.15) is 84.0 Å². The molecule has 0 saturated carbocycles. The van der Waals surface area contributed by atoms with Crippen molar-refractivity contribution in [2.24, 2.45) is 0 Å². The summed E-state index contributed by atoms with van der Waals surface area (Å²) in [6, 6.07) is 0. The van der Waals surface area contributed by atoms with E-state index in [4.69, 9.17) is 5.11 Å². The molecule has 0 aromatic carbocycles. The number of hydrogen-bond donors (Lipinski definition) is 1. The van der Waals surface area contributed by atoms with Crippen molar-refractivity contribution in [3.8, 4) is 0 Å². The van der Waals surface area contributed by atoms with Crippen molar-refractivity contribution in [2.75, 3.05) is 0 Å². The molecule has 0 aliphatic heterocycles. The van der Waals surface area contributed by atoms with Gasteiger partial charge < -0.3 is 5.11 Å². The van der Waals surface area contributed by atoms with Crippen molar-refractivity contribution in [3.05, 3.63) is 24.3 Å². The van der Waals surface area contributed by atoms with E-state index in [1.165, 1.54) is 38.5 Å². The van der Waals surface area contributed by atoms with Crippen LogP contribution in [0.15, 0.2) is 24.3 Å². The van der Waals surface area contributed by atoms with Gasteiger partial charge in [0.2, 0.25) is 0 Å². The summed E-state index contributed by atoms with van der Waals surface area (Å²) in [5, 5.41) is 8.50. The molecule has 0 rings (SSSR count). The van der Waals surface area contributed by atoms with Gasteiger partial charge in [0.1, 0.15) is 0 Å². The highest BCUT2D eigenvalue weighted by atomic mass is 16.4. The molecule has 0 amide bonds. The summed E-state index contributed by atoms with van der Waals surface area (Å²) in [7, 11) is 0. The summed E-state index contributed by atoms with van der Waals surface area (Å²) < 4.78 is 0. The van der Waals surface area contributed by atoms with Gasteiger partial charge in [-0.15, -0.1) is 0 Å². The third-order valence-corrected chi connectivity index (χ3v) is 3.34. The van der Waals surface area contributed by atoms with Gasteiger partial charge in [-0.25, -0.2) is 0 Å². The zero-order valence-corrected chi connectivity index (χ0v) is 13.2. The van der Waals surface area contributed by atoms with Gasteiger partial charge in [0.05, 0.1) is 0 Å². The molecule has 0 bridgehead atoms. The van der Waals surface area contributed by atoms with Crippen molar-refractivity contribution in [1.29, 1.82) is 0 Å². The first kappa shape index (κ1) is 18.9. The van der Waals surface area contributed by atoms with Crippen molar-refractivity contribution in [3.63, 3.8) is 0 Å². The zero-order chi connectivity index (χ0) is 14.9. The summed E-state index contributed by atoms with van der Waals surface area (Å²) in [6.45, 7) is 2.24. The molecule has 0 radical (unpaired) electrons. The largest absolute Gasteiger partial charge is 0.481 e. The van der Waals surface area contributed by atoms with Gasteiger partial charge in [0.15, 0.2) is 0 Å². The molecule has 0 aromatic rings. The number of carboxylic acids is 1. The lowest BCUT2D eigenvalue weighted by Crippen LogP contribution is -1.93. The molecule has 0 atom stereocenters. The van der Waals surface area contributed by atoms with Crippen molar-refractivity contribution < 1.29 is 9.90 Å². The van der Waals surface area contributed by atoms with E-state index in [1.807, 2.05) is 0 Å². The van der Waals surface area contributed by atoms with Gasteiger partial charge >= 0.3 is 5.97 Å². The first-order valence-electron chi connectivity index (χ1n) is 8.29. The SMILES string of the molecule is CCCCCC/C=C/C/C=C\CCCCCCC(=O)O. The fourth-order valence-electron chi connectivity index (χ4n) is 2.09. The van der Waals surface area contributed by atoms with Crippen molar-refractivity contribution in [2.45, 2.75) is 84.0 Å². The Morgan fingerprint density at radius 2 is 1.35 bits per heavy atom. The highest BCUT2D eigenvalue weighted by Crippen LogP contribution is 2.06. The van der Waals surface area contributed by atoms with E-state index < -0.39 is 5.97 Å². The molecule has 20 heavy (non-hydrogen) atoms. The first-order valence-corrected chi connectivity index (χ1v) is 8.29. The summed E-state index contributed by atoms with van der Waals surface area (Å²) in [5.74, 6) is -0.675. The van der Waals surface area contributed by atoms with Crippen LogP contribution in [0, 0.1) is 0 Å². The van der Waals surface area contributed by atoms with Gasteiger partial charge in [0, 0.05) is 6.42 Å². The first-order chi connectivity index (χ1) is 9.77. The Morgan fingerprint density at radius 1 is 0.800 bits per heavy atom. The number of carbonyl (C=O) groups is 1. The molecule has 0 saturated heterocycles. The fourth-order valence-corrected chi connectivity index (χ4v) is 2.09. The summed E-state index contributed by atoms with van der Waals surface area (Å²) in [6.07, 6.45) is 22.3. The minimum absolute atomic E-state index is 0.318. The number of rotatable bonds is 14. The van der Waals surface area contributed by atoms with E-state index in [0.717, 1.165) is 32.1 Å². The molecular formula is C18H32O2. The fraction of sp³-hybridized carbons (Fsp3) is 0.722. The molecule has 116 valence electrons. The standard InChI is InChI=1S/C18H32O2/c1-2-3-4-5-6-7-8-9-10-11-12-13-14-15-16-17-18(19)20/h7-8,10-11H,2-6,9,12-17H2,1H3,(H,19,20)/b8-7+,11-10-.